The van der Waals surface area contributed by atoms with Crippen LogP contribution in [0.1, 0.15) is 5.69 Å². The van der Waals surface area contributed by atoms with Gasteiger partial charge in [0, 0.05) is 19.8 Å². The molecule has 74 valence electrons. The highest BCUT2D eigenvalue weighted by Crippen LogP contribution is 2.07. The van der Waals surface area contributed by atoms with Crippen molar-refractivity contribution in [3.8, 4) is 0 Å². The van der Waals surface area contributed by atoms with Gasteiger partial charge in [0.2, 0.25) is 0 Å². The Morgan fingerprint density at radius 2 is 1.86 bits per heavy atom. The fraction of sp³-hybridized carbons (Fsp3) is 0.333. The SMILES string of the molecule is Cc1cc2c(=O)n(C)c(=O)n(C)c2[nH]1. The van der Waals surface area contributed by atoms with E-state index in [0.717, 1.165) is 10.3 Å². The fourth-order valence-corrected chi connectivity index (χ4v) is 1.59. The molecule has 5 heteroatoms. The van der Waals surface area contributed by atoms with E-state index in [9.17, 15) is 9.59 Å². The van der Waals surface area contributed by atoms with Gasteiger partial charge in [-0.25, -0.2) is 4.79 Å². The molecule has 1 N–H and O–H groups in total. The van der Waals surface area contributed by atoms with E-state index in [4.69, 9.17) is 0 Å². The van der Waals surface area contributed by atoms with Crippen LogP contribution in [0.25, 0.3) is 11.0 Å². The first-order valence-electron chi connectivity index (χ1n) is 4.27. The lowest BCUT2D eigenvalue weighted by atomic mass is 10.4. The Labute approximate surface area is 79.6 Å². The molecule has 0 aliphatic heterocycles. The van der Waals surface area contributed by atoms with Gasteiger partial charge in [-0.3, -0.25) is 13.9 Å². The summed E-state index contributed by atoms with van der Waals surface area (Å²) in [4.78, 5) is 26.1. The van der Waals surface area contributed by atoms with Crippen LogP contribution < -0.4 is 11.2 Å². The van der Waals surface area contributed by atoms with Crippen molar-refractivity contribution in [1.29, 1.82) is 0 Å². The van der Waals surface area contributed by atoms with Gasteiger partial charge >= 0.3 is 5.69 Å². The van der Waals surface area contributed by atoms with Crippen LogP contribution in [0.4, 0.5) is 0 Å². The Morgan fingerprint density at radius 3 is 2.50 bits per heavy atom. The summed E-state index contributed by atoms with van der Waals surface area (Å²) in [6, 6.07) is 1.75. The molecule has 0 atom stereocenters. The summed E-state index contributed by atoms with van der Waals surface area (Å²) in [5.74, 6) is 0. The van der Waals surface area contributed by atoms with Crippen molar-refractivity contribution in [1.82, 2.24) is 14.1 Å². The minimum atomic E-state index is -0.315. The van der Waals surface area contributed by atoms with Gasteiger partial charge in [0.05, 0.1) is 5.39 Å². The third-order valence-electron chi connectivity index (χ3n) is 2.38. The van der Waals surface area contributed by atoms with Crippen LogP contribution in [0.15, 0.2) is 15.7 Å². The van der Waals surface area contributed by atoms with E-state index in [-0.39, 0.29) is 11.2 Å². The predicted octanol–water partition coefficient (Wildman–Crippen LogP) is -0.126. The minimum absolute atomic E-state index is 0.257. The summed E-state index contributed by atoms with van der Waals surface area (Å²) in [6.45, 7) is 1.85. The highest BCUT2D eigenvalue weighted by atomic mass is 16.2. The molecule has 2 aromatic heterocycles. The largest absolute Gasteiger partial charge is 0.345 e. The lowest BCUT2D eigenvalue weighted by molar-refractivity contribution is 0.709. The van der Waals surface area contributed by atoms with E-state index < -0.39 is 0 Å². The topological polar surface area (TPSA) is 59.8 Å². The molecule has 0 unspecified atom stereocenters. The Balaban J connectivity index is 3.17. The second-order valence-electron chi connectivity index (χ2n) is 3.42. The minimum Gasteiger partial charge on any atom is -0.345 e. The average molecular weight is 193 g/mol. The normalized spacial score (nSPS) is 11.1. The Kier molecular flexibility index (Phi) is 1.64. The summed E-state index contributed by atoms with van der Waals surface area (Å²) in [6.07, 6.45) is 0. The first kappa shape index (κ1) is 8.80. The average Bonchev–Trinajstić information content (AvgIpc) is 2.54. The second-order valence-corrected chi connectivity index (χ2v) is 3.42. The maximum atomic E-state index is 11.6. The number of aromatic nitrogens is 3. The third kappa shape index (κ3) is 0.951. The molecule has 14 heavy (non-hydrogen) atoms. The standard InChI is InChI=1S/C9H11N3O2/c1-5-4-6-7(10-5)11(2)9(14)12(3)8(6)13/h4,10H,1-3H3. The van der Waals surface area contributed by atoms with Gasteiger partial charge in [-0.15, -0.1) is 0 Å². The van der Waals surface area contributed by atoms with Crippen LogP contribution >= 0.6 is 0 Å². The summed E-state index contributed by atoms with van der Waals surface area (Å²) >= 11 is 0. The van der Waals surface area contributed by atoms with Gasteiger partial charge in [0.15, 0.2) is 0 Å². The van der Waals surface area contributed by atoms with Crippen molar-refractivity contribution in [3.05, 3.63) is 32.6 Å². The van der Waals surface area contributed by atoms with Gasteiger partial charge in [-0.2, -0.15) is 0 Å². The second kappa shape index (κ2) is 2.60. The Morgan fingerprint density at radius 1 is 1.21 bits per heavy atom. The van der Waals surface area contributed by atoms with Crippen molar-refractivity contribution in [2.24, 2.45) is 14.1 Å². The van der Waals surface area contributed by atoms with Gasteiger partial charge < -0.3 is 4.98 Å². The van der Waals surface area contributed by atoms with Gasteiger partial charge in [0.1, 0.15) is 5.65 Å². The number of hydrogen-bond donors (Lipinski definition) is 1. The number of aromatic amines is 1. The van der Waals surface area contributed by atoms with Crippen LogP contribution in [-0.4, -0.2) is 14.1 Å². The molecule has 0 fully saturated rings. The molecule has 0 aliphatic rings. The van der Waals surface area contributed by atoms with Crippen LogP contribution in [-0.2, 0) is 14.1 Å². The molecule has 0 saturated heterocycles. The van der Waals surface area contributed by atoms with E-state index in [1.165, 1.54) is 11.6 Å². The first-order valence-corrected chi connectivity index (χ1v) is 4.27. The van der Waals surface area contributed by atoms with Crippen LogP contribution in [0.2, 0.25) is 0 Å². The van der Waals surface area contributed by atoms with Crippen molar-refractivity contribution in [3.63, 3.8) is 0 Å². The number of rotatable bonds is 0. The molecular weight excluding hydrogens is 182 g/mol. The molecule has 0 amide bonds. The van der Waals surface area contributed by atoms with Gasteiger partial charge in [-0.05, 0) is 13.0 Å². The molecule has 2 aromatic rings. The van der Waals surface area contributed by atoms with E-state index in [1.54, 1.807) is 13.1 Å². The maximum absolute atomic E-state index is 11.6. The van der Waals surface area contributed by atoms with Crippen LogP contribution in [0.5, 0.6) is 0 Å². The highest BCUT2D eigenvalue weighted by molar-refractivity contribution is 5.75. The highest BCUT2D eigenvalue weighted by Gasteiger charge is 2.09. The quantitative estimate of drug-likeness (QED) is 0.633. The Bertz CT molecular complexity index is 615. The van der Waals surface area contributed by atoms with Gasteiger partial charge in [0.25, 0.3) is 5.56 Å². The number of nitrogens with one attached hydrogen (secondary N) is 1. The summed E-state index contributed by atoms with van der Waals surface area (Å²) in [7, 11) is 3.12. The number of fused-ring (bicyclic) bond motifs is 1. The fourth-order valence-electron chi connectivity index (χ4n) is 1.59. The number of nitrogens with zero attached hydrogens (tertiary/aromatic N) is 2. The van der Waals surface area contributed by atoms with E-state index >= 15 is 0 Å². The maximum Gasteiger partial charge on any atom is 0.332 e. The van der Waals surface area contributed by atoms with Gasteiger partial charge in [-0.1, -0.05) is 0 Å². The molecule has 0 bridgehead atoms. The number of hydrogen-bond acceptors (Lipinski definition) is 2. The van der Waals surface area contributed by atoms with E-state index in [0.29, 0.717) is 11.0 Å². The van der Waals surface area contributed by atoms with Crippen molar-refractivity contribution < 1.29 is 0 Å². The molecule has 0 spiro atoms. The molecular formula is C9H11N3O2. The number of H-pyrrole nitrogens is 1. The summed E-state index contributed by atoms with van der Waals surface area (Å²) in [5.41, 5.74) is 0.880. The molecule has 0 aromatic carbocycles. The smallest absolute Gasteiger partial charge is 0.332 e. The monoisotopic (exact) mass is 193 g/mol. The molecule has 0 aliphatic carbocycles. The lowest BCUT2D eigenvalue weighted by Gasteiger charge is -2.02. The van der Waals surface area contributed by atoms with Crippen LogP contribution in [0.3, 0.4) is 0 Å². The zero-order valence-electron chi connectivity index (χ0n) is 8.29. The molecule has 2 rings (SSSR count). The first-order chi connectivity index (χ1) is 6.52. The molecule has 0 radical (unpaired) electrons. The Hall–Kier alpha value is -1.78. The predicted molar refractivity (Wildman–Crippen MR) is 53.5 cm³/mol. The number of aryl methyl sites for hydroxylation is 2. The lowest BCUT2D eigenvalue weighted by Crippen LogP contribution is -2.36. The third-order valence-corrected chi connectivity index (χ3v) is 2.38. The van der Waals surface area contributed by atoms with E-state index in [1.807, 2.05) is 6.92 Å². The zero-order chi connectivity index (χ0) is 10.5. The molecule has 0 saturated carbocycles. The van der Waals surface area contributed by atoms with Crippen molar-refractivity contribution in [2.75, 3.05) is 0 Å². The van der Waals surface area contributed by atoms with E-state index in [2.05, 4.69) is 4.98 Å². The molecule has 2 heterocycles. The summed E-state index contributed by atoms with van der Waals surface area (Å²) in [5, 5.41) is 0.548. The summed E-state index contributed by atoms with van der Waals surface area (Å²) < 4.78 is 2.54. The molecule has 5 nitrogen and oxygen atoms in total. The van der Waals surface area contributed by atoms with Crippen molar-refractivity contribution >= 4 is 11.0 Å². The van der Waals surface area contributed by atoms with Crippen LogP contribution in [0, 0.1) is 6.92 Å². The zero-order valence-corrected chi connectivity index (χ0v) is 8.29. The van der Waals surface area contributed by atoms with Crippen molar-refractivity contribution in [2.45, 2.75) is 6.92 Å².